The Morgan fingerprint density at radius 3 is 2.27 bits per heavy atom. The lowest BCUT2D eigenvalue weighted by Crippen LogP contribution is -2.16. The maximum Gasteiger partial charge on any atom is 0.272 e. The average Bonchev–Trinajstić information content (AvgIpc) is 2.10. The zero-order chi connectivity index (χ0) is 11.6. The zero-order valence-electron chi connectivity index (χ0n) is 7.07. The smallest absolute Gasteiger partial charge is 0.272 e. The van der Waals surface area contributed by atoms with Gasteiger partial charge in [0, 0.05) is 12.1 Å². The molecule has 0 amide bonds. The lowest BCUT2D eigenvalue weighted by Gasteiger charge is -2.06. The van der Waals surface area contributed by atoms with Crippen LogP contribution >= 0.6 is 35.4 Å². The number of nitrogens with zero attached hydrogens (tertiary/aromatic N) is 1. The van der Waals surface area contributed by atoms with Gasteiger partial charge in [0.1, 0.15) is 0 Å². The zero-order valence-corrected chi connectivity index (χ0v) is 9.40. The summed E-state index contributed by atoms with van der Waals surface area (Å²) in [5.41, 5.74) is 4.88. The molecule has 0 saturated carbocycles. The number of hydrogen-bond acceptors (Lipinski definition) is 4. The van der Waals surface area contributed by atoms with Gasteiger partial charge in [0.25, 0.3) is 10.9 Å². The fourth-order valence-electron chi connectivity index (χ4n) is 0.850. The van der Waals surface area contributed by atoms with Crippen LogP contribution in [0.1, 0.15) is 0 Å². The first kappa shape index (κ1) is 12.0. The van der Waals surface area contributed by atoms with E-state index in [0.717, 1.165) is 12.1 Å². The molecule has 0 heterocycles. The summed E-state index contributed by atoms with van der Waals surface area (Å²) in [6.45, 7) is 0. The molecule has 0 bridgehead atoms. The van der Waals surface area contributed by atoms with Crippen molar-refractivity contribution in [1.82, 2.24) is 0 Å². The highest BCUT2D eigenvalue weighted by atomic mass is 35.5. The fourth-order valence-corrected chi connectivity index (χ4v) is 1.49. The maximum atomic E-state index is 10.4. The Kier molecular flexibility index (Phi) is 3.67. The first-order valence-electron chi connectivity index (χ1n) is 3.52. The van der Waals surface area contributed by atoms with Crippen molar-refractivity contribution < 1.29 is 9.66 Å². The number of thiocarbonyl (C=S) groups is 1. The van der Waals surface area contributed by atoms with Crippen molar-refractivity contribution in [3.05, 3.63) is 32.3 Å². The van der Waals surface area contributed by atoms with E-state index in [4.69, 9.17) is 33.7 Å². The minimum atomic E-state index is -0.623. The first-order valence-corrected chi connectivity index (χ1v) is 4.69. The molecule has 0 spiro atoms. The summed E-state index contributed by atoms with van der Waals surface area (Å²) in [7, 11) is 0. The van der Waals surface area contributed by atoms with E-state index in [-0.39, 0.29) is 26.7 Å². The second-order valence-electron chi connectivity index (χ2n) is 2.42. The van der Waals surface area contributed by atoms with E-state index >= 15 is 0 Å². The summed E-state index contributed by atoms with van der Waals surface area (Å²) < 4.78 is 4.83. The van der Waals surface area contributed by atoms with Gasteiger partial charge in [-0.05, 0) is 12.2 Å². The lowest BCUT2D eigenvalue weighted by atomic mass is 10.3. The van der Waals surface area contributed by atoms with Crippen LogP contribution in [0.3, 0.4) is 0 Å². The third kappa shape index (κ3) is 2.92. The molecule has 1 aromatic carbocycles. The standard InChI is InChI=1S/C7H4Cl2N2O3S/c8-4-1-3(11(12)13)2-5(9)6(4)14-7(10)15/h1-2H,(H2,10,15). The summed E-state index contributed by atoms with van der Waals surface area (Å²) in [6.07, 6.45) is 0. The van der Waals surface area contributed by atoms with Crippen LogP contribution in [0.5, 0.6) is 5.75 Å². The van der Waals surface area contributed by atoms with Crippen LogP contribution in [0, 0.1) is 10.1 Å². The Labute approximate surface area is 99.9 Å². The van der Waals surface area contributed by atoms with Gasteiger partial charge in [-0.2, -0.15) is 0 Å². The number of halogens is 2. The molecule has 0 aliphatic carbocycles. The second kappa shape index (κ2) is 4.61. The Balaban J connectivity index is 3.21. The van der Waals surface area contributed by atoms with Gasteiger partial charge in [-0.3, -0.25) is 10.1 Å². The van der Waals surface area contributed by atoms with E-state index in [1.807, 2.05) is 0 Å². The van der Waals surface area contributed by atoms with Crippen LogP contribution in [0.15, 0.2) is 12.1 Å². The third-order valence-corrected chi connectivity index (χ3v) is 2.04. The number of rotatable bonds is 2. The molecule has 0 atom stereocenters. The van der Waals surface area contributed by atoms with Crippen molar-refractivity contribution in [1.29, 1.82) is 0 Å². The molecule has 1 aromatic rings. The quantitative estimate of drug-likeness (QED) is 0.506. The van der Waals surface area contributed by atoms with Crippen molar-refractivity contribution in [2.45, 2.75) is 0 Å². The van der Waals surface area contributed by atoms with Gasteiger partial charge in [-0.1, -0.05) is 23.2 Å². The van der Waals surface area contributed by atoms with Crippen molar-refractivity contribution in [2.75, 3.05) is 0 Å². The van der Waals surface area contributed by atoms with Crippen LogP contribution in [0.4, 0.5) is 5.69 Å². The molecule has 5 nitrogen and oxygen atoms in total. The first-order chi connectivity index (χ1) is 6.91. The fraction of sp³-hybridized carbons (Fsp3) is 0. The Hall–Kier alpha value is -1.11. The second-order valence-corrected chi connectivity index (χ2v) is 3.63. The van der Waals surface area contributed by atoms with Crippen LogP contribution in [0.25, 0.3) is 0 Å². The van der Waals surface area contributed by atoms with Crippen molar-refractivity contribution in [3.8, 4) is 5.75 Å². The van der Waals surface area contributed by atoms with E-state index < -0.39 is 4.92 Å². The molecule has 8 heteroatoms. The molecule has 0 fully saturated rings. The predicted octanol–water partition coefficient (Wildman–Crippen LogP) is 2.52. The molecule has 0 aliphatic heterocycles. The van der Waals surface area contributed by atoms with Crippen LogP contribution in [-0.2, 0) is 0 Å². The molecule has 15 heavy (non-hydrogen) atoms. The molecular formula is C7H4Cl2N2O3S. The van der Waals surface area contributed by atoms with Crippen LogP contribution in [0.2, 0.25) is 10.0 Å². The normalized spacial score (nSPS) is 9.73. The van der Waals surface area contributed by atoms with Gasteiger partial charge < -0.3 is 10.5 Å². The van der Waals surface area contributed by atoms with Gasteiger partial charge in [0.2, 0.25) is 0 Å². The van der Waals surface area contributed by atoms with Crippen LogP contribution < -0.4 is 10.5 Å². The molecule has 0 aromatic heterocycles. The summed E-state index contributed by atoms with van der Waals surface area (Å²) in [6, 6.07) is 2.20. The van der Waals surface area contributed by atoms with Gasteiger partial charge in [0.05, 0.1) is 15.0 Å². The van der Waals surface area contributed by atoms with Gasteiger partial charge >= 0.3 is 0 Å². The van der Waals surface area contributed by atoms with Crippen molar-refractivity contribution in [2.24, 2.45) is 5.73 Å². The van der Waals surface area contributed by atoms with Gasteiger partial charge in [0.15, 0.2) is 5.75 Å². The molecule has 80 valence electrons. The number of benzene rings is 1. The third-order valence-electron chi connectivity index (χ3n) is 1.40. The monoisotopic (exact) mass is 266 g/mol. The molecule has 1 rings (SSSR count). The Morgan fingerprint density at radius 1 is 1.47 bits per heavy atom. The van der Waals surface area contributed by atoms with E-state index in [1.54, 1.807) is 0 Å². The van der Waals surface area contributed by atoms with Crippen molar-refractivity contribution >= 4 is 46.3 Å². The van der Waals surface area contributed by atoms with E-state index in [0.29, 0.717) is 0 Å². The Bertz CT molecular complexity index is 415. The number of hydrogen-bond donors (Lipinski definition) is 1. The van der Waals surface area contributed by atoms with Gasteiger partial charge in [-0.15, -0.1) is 0 Å². The highest BCUT2D eigenvalue weighted by molar-refractivity contribution is 7.80. The SMILES string of the molecule is NC(=S)Oc1c(Cl)cc([N+](=O)[O-])cc1Cl. The summed E-state index contributed by atoms with van der Waals surface area (Å²) in [4.78, 5) is 9.81. The van der Waals surface area contributed by atoms with Crippen LogP contribution in [-0.4, -0.2) is 10.1 Å². The number of nitro benzene ring substituents is 1. The summed E-state index contributed by atoms with van der Waals surface area (Å²) >= 11 is 15.9. The molecular weight excluding hydrogens is 263 g/mol. The van der Waals surface area contributed by atoms with E-state index in [9.17, 15) is 10.1 Å². The highest BCUT2D eigenvalue weighted by Crippen LogP contribution is 2.36. The predicted molar refractivity (Wildman–Crippen MR) is 60.5 cm³/mol. The summed E-state index contributed by atoms with van der Waals surface area (Å²) in [5, 5.41) is 10.1. The largest absolute Gasteiger partial charge is 0.429 e. The highest BCUT2D eigenvalue weighted by Gasteiger charge is 2.16. The number of non-ortho nitro benzene ring substituents is 1. The number of nitrogens with two attached hydrogens (primary N) is 1. The average molecular weight is 267 g/mol. The van der Waals surface area contributed by atoms with E-state index in [2.05, 4.69) is 12.2 Å². The van der Waals surface area contributed by atoms with E-state index in [1.165, 1.54) is 0 Å². The molecule has 0 unspecified atom stereocenters. The Morgan fingerprint density at radius 2 is 1.93 bits per heavy atom. The van der Waals surface area contributed by atoms with Gasteiger partial charge in [-0.25, -0.2) is 0 Å². The maximum absolute atomic E-state index is 10.4. The van der Waals surface area contributed by atoms with Crippen molar-refractivity contribution in [3.63, 3.8) is 0 Å². The molecule has 2 N–H and O–H groups in total. The minimum absolute atomic E-state index is 0.0106. The summed E-state index contributed by atoms with van der Waals surface area (Å²) in [5.74, 6) is 0.0106. The molecule has 0 radical (unpaired) electrons. The molecule has 0 saturated heterocycles. The number of ether oxygens (including phenoxy) is 1. The number of nitro groups is 1. The minimum Gasteiger partial charge on any atom is -0.429 e. The topological polar surface area (TPSA) is 78.4 Å². The molecule has 0 aliphatic rings. The lowest BCUT2D eigenvalue weighted by molar-refractivity contribution is -0.384.